The van der Waals surface area contributed by atoms with Crippen LogP contribution in [0.4, 0.5) is 10.2 Å². The van der Waals surface area contributed by atoms with Crippen LogP contribution in [0, 0.1) is 5.82 Å². The van der Waals surface area contributed by atoms with Crippen molar-refractivity contribution in [1.82, 2.24) is 34.1 Å². The topological polar surface area (TPSA) is 250 Å². The quantitative estimate of drug-likeness (QED) is 0.124. The van der Waals surface area contributed by atoms with Crippen LogP contribution < -0.4 is 11.3 Å². The lowest BCUT2D eigenvalue weighted by Crippen LogP contribution is -2.36. The first-order chi connectivity index (χ1) is 21.3. The number of hydrogen-bond acceptors (Lipinski definition) is 16. The zero-order valence-corrected chi connectivity index (χ0v) is 25.9. The Morgan fingerprint density at radius 1 is 0.933 bits per heavy atom. The van der Waals surface area contributed by atoms with Crippen molar-refractivity contribution in [3.63, 3.8) is 0 Å². The second-order valence-corrected chi connectivity index (χ2v) is 15.9. The molecular weight excluding hydrogens is 685 g/mol. The largest absolute Gasteiger partial charge is 0.387 e. The molecule has 3 aliphatic heterocycles. The van der Waals surface area contributed by atoms with E-state index >= 15 is 0 Å². The Morgan fingerprint density at radius 3 is 2.38 bits per heavy atom. The standard InChI is InChI=1S/C21H23FN8O11P2S2/c22-7-1-29(17-10(7)16(23)24-4-25-17)21-15-12(31)8(38-21)2-36-42(34,44)40-14-9(3-37-43(35,45)41-15)39-20(13(14)32)30-6-28-11-18(30)26-5-27-19(11)33/h1,4-6,8-9,12-15,20-21,31-32H,2-3H2,(H,34,44)(H,35,45)(H2,23,24,25)(H,26,27,33)/t8-,9-,12-,13-,14-,15-,20-,21-,42?,43?/m1/s1. The maximum Gasteiger partial charge on any atom is 0.386 e. The summed E-state index contributed by atoms with van der Waals surface area (Å²) in [4.78, 5) is 30.4. The first-order valence-electron chi connectivity index (χ1n) is 13.0. The fourth-order valence-corrected chi connectivity index (χ4v) is 8.37. The van der Waals surface area contributed by atoms with Gasteiger partial charge < -0.3 is 35.0 Å². The number of fused-ring (bicyclic) bond motifs is 5. The predicted molar refractivity (Wildman–Crippen MR) is 155 cm³/mol. The van der Waals surface area contributed by atoms with Gasteiger partial charge in [0.1, 0.15) is 48.8 Å². The van der Waals surface area contributed by atoms with Crippen LogP contribution in [-0.4, -0.2) is 94.1 Å². The molecule has 2 bridgehead atoms. The highest BCUT2D eigenvalue weighted by Crippen LogP contribution is 2.60. The number of aromatic amines is 1. The highest BCUT2D eigenvalue weighted by molar-refractivity contribution is 8.44. The van der Waals surface area contributed by atoms with E-state index in [4.69, 9.17) is 33.3 Å². The molecule has 2 unspecified atom stereocenters. The van der Waals surface area contributed by atoms with Crippen LogP contribution in [0.2, 0.25) is 0 Å². The van der Waals surface area contributed by atoms with Crippen LogP contribution in [0.25, 0.3) is 22.2 Å². The molecule has 0 aliphatic carbocycles. The molecule has 24 heteroatoms. The number of ether oxygens (including phenoxy) is 2. The molecule has 0 saturated carbocycles. The third kappa shape index (κ3) is 5.51. The minimum Gasteiger partial charge on any atom is -0.387 e. The molecule has 3 saturated heterocycles. The molecule has 0 spiro atoms. The first kappa shape index (κ1) is 31.2. The summed E-state index contributed by atoms with van der Waals surface area (Å²) < 4.78 is 78.1. The molecule has 0 aromatic carbocycles. The summed E-state index contributed by atoms with van der Waals surface area (Å²) in [5.41, 5.74) is 5.25. The van der Waals surface area contributed by atoms with Crippen LogP contribution in [0.5, 0.6) is 0 Å². The number of hydrogen-bond donors (Lipinski definition) is 6. The summed E-state index contributed by atoms with van der Waals surface area (Å²) in [5, 5.41) is 22.2. The van der Waals surface area contributed by atoms with Crippen molar-refractivity contribution in [2.75, 3.05) is 18.9 Å². The number of rotatable bonds is 2. The number of nitrogens with two attached hydrogens (primary N) is 1. The van der Waals surface area contributed by atoms with Crippen LogP contribution >= 0.6 is 38.1 Å². The van der Waals surface area contributed by atoms with Gasteiger partial charge in [0.15, 0.2) is 35.1 Å². The lowest BCUT2D eigenvalue weighted by molar-refractivity contribution is -0.0575. The molecular formula is C21H23FN8O11P2S2. The highest BCUT2D eigenvalue weighted by atomic mass is 32.7. The number of imidazole rings is 1. The van der Waals surface area contributed by atoms with E-state index in [1.165, 1.54) is 10.9 Å². The van der Waals surface area contributed by atoms with Gasteiger partial charge in [0.2, 0.25) is 0 Å². The molecule has 3 fully saturated rings. The smallest absolute Gasteiger partial charge is 0.386 e. The number of nitrogen functional groups attached to an aromatic ring is 1. The average molecular weight is 709 g/mol. The lowest BCUT2D eigenvalue weighted by atomic mass is 10.1. The number of halogens is 1. The molecule has 242 valence electrons. The molecule has 7 rings (SSSR count). The Kier molecular flexibility index (Phi) is 7.86. The maximum absolute atomic E-state index is 14.9. The van der Waals surface area contributed by atoms with Gasteiger partial charge in [0.25, 0.3) is 5.56 Å². The van der Waals surface area contributed by atoms with E-state index in [1.807, 2.05) is 0 Å². The van der Waals surface area contributed by atoms with Crippen molar-refractivity contribution in [1.29, 1.82) is 0 Å². The van der Waals surface area contributed by atoms with E-state index in [0.29, 0.717) is 0 Å². The Morgan fingerprint density at radius 2 is 1.62 bits per heavy atom. The summed E-state index contributed by atoms with van der Waals surface area (Å²) >= 11 is 8.07. The average Bonchev–Trinajstić information content (AvgIpc) is 3.71. The minimum atomic E-state index is -4.42. The van der Waals surface area contributed by atoms with Crippen LogP contribution in [0.3, 0.4) is 0 Å². The van der Waals surface area contributed by atoms with Gasteiger partial charge in [-0.2, -0.15) is 0 Å². The zero-order chi connectivity index (χ0) is 31.8. The van der Waals surface area contributed by atoms with E-state index < -0.39 is 87.3 Å². The number of aliphatic hydroxyl groups is 2. The number of nitrogens with zero attached hydrogens (tertiary/aromatic N) is 6. The number of H-pyrrole nitrogens is 1. The monoisotopic (exact) mass is 708 g/mol. The third-order valence-corrected chi connectivity index (χ3v) is 10.7. The maximum atomic E-state index is 14.9. The van der Waals surface area contributed by atoms with Gasteiger partial charge in [-0.15, -0.1) is 0 Å². The van der Waals surface area contributed by atoms with Gasteiger partial charge in [0.05, 0.1) is 31.3 Å². The van der Waals surface area contributed by atoms with Gasteiger partial charge in [-0.3, -0.25) is 27.5 Å². The Balaban J connectivity index is 1.21. The normalized spacial score (nSPS) is 37.7. The van der Waals surface area contributed by atoms with Crippen LogP contribution in [-0.2, 0) is 36.7 Å². The number of nitrogens with one attached hydrogen (secondary N) is 1. The van der Waals surface area contributed by atoms with Crippen molar-refractivity contribution in [3.8, 4) is 0 Å². The molecule has 4 aromatic rings. The summed E-state index contributed by atoms with van der Waals surface area (Å²) in [7, 11) is 0. The first-order valence-corrected chi connectivity index (χ1v) is 18.4. The van der Waals surface area contributed by atoms with Crippen molar-refractivity contribution < 1.29 is 51.3 Å². The van der Waals surface area contributed by atoms with E-state index in [0.717, 1.165) is 23.4 Å². The minimum absolute atomic E-state index is 0.0302. The third-order valence-electron chi connectivity index (χ3n) is 7.44. The van der Waals surface area contributed by atoms with Crippen LogP contribution in [0.1, 0.15) is 12.5 Å². The van der Waals surface area contributed by atoms with Gasteiger partial charge in [-0.25, -0.2) is 33.5 Å². The van der Waals surface area contributed by atoms with E-state index in [9.17, 15) is 28.5 Å². The SMILES string of the molecule is Nc1ncnc2c1c(F)cn2[C@@H]1O[C@@H]2COP(=O)(S)O[C@H]3[C@@H](O)[C@H](n4cnc5c(=O)[nH]cnc54)O[C@@H]3COP(=O)(S)O[C@@H]1[C@@H]2O. The second-order valence-electron chi connectivity index (χ2n) is 10.2. The molecule has 19 nitrogen and oxygen atoms in total. The molecule has 4 aromatic heterocycles. The van der Waals surface area contributed by atoms with E-state index in [1.54, 1.807) is 0 Å². The molecule has 45 heavy (non-hydrogen) atoms. The molecule has 5 N–H and O–H groups in total. The summed E-state index contributed by atoms with van der Waals surface area (Å²) in [6, 6.07) is 0. The number of anilines is 1. The van der Waals surface area contributed by atoms with Crippen molar-refractivity contribution in [2.45, 2.75) is 49.1 Å². The van der Waals surface area contributed by atoms with Gasteiger partial charge in [0, 0.05) is 6.20 Å². The fraction of sp³-hybridized carbons (Fsp3) is 0.476. The lowest BCUT2D eigenvalue weighted by Gasteiger charge is -2.26. The van der Waals surface area contributed by atoms with Crippen molar-refractivity contribution >= 4 is 66.1 Å². The molecule has 0 amide bonds. The van der Waals surface area contributed by atoms with Gasteiger partial charge in [-0.1, -0.05) is 24.5 Å². The molecule has 0 radical (unpaired) electrons. The van der Waals surface area contributed by atoms with Crippen molar-refractivity contribution in [3.05, 3.63) is 41.3 Å². The summed E-state index contributed by atoms with van der Waals surface area (Å²) in [5.74, 6) is -0.973. The number of thiol groups is 2. The van der Waals surface area contributed by atoms with Crippen molar-refractivity contribution in [2.24, 2.45) is 0 Å². The predicted octanol–water partition coefficient (Wildman–Crippen LogP) is 0.695. The summed E-state index contributed by atoms with van der Waals surface area (Å²) in [6.07, 6.45) is -7.15. The highest BCUT2D eigenvalue weighted by Gasteiger charge is 2.53. The fourth-order valence-electron chi connectivity index (χ4n) is 5.42. The zero-order valence-electron chi connectivity index (χ0n) is 22.3. The second kappa shape index (κ2) is 11.4. The Hall–Kier alpha value is -2.46. The van der Waals surface area contributed by atoms with E-state index in [2.05, 4.69) is 49.4 Å². The number of aliphatic hydroxyl groups excluding tert-OH is 2. The molecule has 10 atom stereocenters. The van der Waals surface area contributed by atoms with Gasteiger partial charge in [-0.05, 0) is 0 Å². The number of aromatic nitrogens is 7. The van der Waals surface area contributed by atoms with E-state index in [-0.39, 0.29) is 28.0 Å². The summed E-state index contributed by atoms with van der Waals surface area (Å²) in [6.45, 7) is -10.0. The molecule has 3 aliphatic rings. The Bertz CT molecular complexity index is 1950. The van der Waals surface area contributed by atoms with Crippen LogP contribution in [0.15, 0.2) is 30.0 Å². The molecule has 7 heterocycles. The Labute approximate surface area is 260 Å². The van der Waals surface area contributed by atoms with Gasteiger partial charge >= 0.3 is 13.6 Å².